The third-order valence-corrected chi connectivity index (χ3v) is 6.22. The van der Waals surface area contributed by atoms with Crippen LogP contribution in [0.3, 0.4) is 0 Å². The van der Waals surface area contributed by atoms with Gasteiger partial charge in [-0.05, 0) is 42.8 Å². The molecule has 1 spiro atoms. The lowest BCUT2D eigenvalue weighted by Crippen LogP contribution is -2.36. The number of nitrogens with zero attached hydrogens (tertiary/aromatic N) is 3. The van der Waals surface area contributed by atoms with Crippen molar-refractivity contribution in [1.82, 2.24) is 9.88 Å². The van der Waals surface area contributed by atoms with Crippen LogP contribution in [0.2, 0.25) is 0 Å². The molecule has 2 aromatic heterocycles. The van der Waals surface area contributed by atoms with E-state index < -0.39 is 24.3 Å². The predicted molar refractivity (Wildman–Crippen MR) is 129 cm³/mol. The van der Waals surface area contributed by atoms with Gasteiger partial charge in [0, 0.05) is 31.2 Å². The monoisotopic (exact) mass is 573 g/mol. The number of hydrogen-bond donors (Lipinski definition) is 2. The van der Waals surface area contributed by atoms with Crippen LogP contribution in [0.5, 0.6) is 0 Å². The van der Waals surface area contributed by atoms with E-state index in [0.29, 0.717) is 0 Å². The zero-order valence-corrected chi connectivity index (χ0v) is 20.8. The summed E-state index contributed by atoms with van der Waals surface area (Å²) < 4.78 is 69.0. The van der Waals surface area contributed by atoms with Gasteiger partial charge in [-0.1, -0.05) is 30.3 Å². The molecule has 4 heterocycles. The molecule has 3 aromatic rings. The lowest BCUT2D eigenvalue weighted by molar-refractivity contribution is -0.193. The van der Waals surface area contributed by atoms with E-state index in [0.717, 1.165) is 44.9 Å². The van der Waals surface area contributed by atoms with Gasteiger partial charge in [-0.3, -0.25) is 9.88 Å². The molecule has 216 valence electrons. The molecule has 0 bridgehead atoms. The number of aromatic nitrogens is 1. The zero-order chi connectivity index (χ0) is 29.6. The third kappa shape index (κ3) is 7.97. The average Bonchev–Trinajstić information content (AvgIpc) is 3.61. The van der Waals surface area contributed by atoms with Crippen LogP contribution in [-0.2, 0) is 28.1 Å². The lowest BCUT2D eigenvalue weighted by atomic mass is 9.85. The van der Waals surface area contributed by atoms with E-state index in [9.17, 15) is 26.3 Å². The van der Waals surface area contributed by atoms with E-state index in [4.69, 9.17) is 29.2 Å². The second kappa shape index (κ2) is 12.4. The highest BCUT2D eigenvalue weighted by molar-refractivity contribution is 5.73. The standard InChI is InChI=1S/C22H23N3O.2C2HF3O2/c1-2-6-18(7-3-1)14-25-17-22(21-20(25)9-4-11-23-21)10-12-24(16-22)15-19-8-5-13-26-19;2*3-2(4,5)1(6)7/h1-9,11,13H,10,12,14-17H2;2*(H,6,7). The van der Waals surface area contributed by atoms with Crippen molar-refractivity contribution in [2.24, 2.45) is 0 Å². The van der Waals surface area contributed by atoms with Crippen LogP contribution >= 0.6 is 0 Å². The molecule has 5 rings (SSSR count). The number of carboxylic acid groups (broad SMARTS) is 2. The van der Waals surface area contributed by atoms with Gasteiger partial charge in [-0.25, -0.2) is 9.59 Å². The molecule has 2 aliphatic heterocycles. The van der Waals surface area contributed by atoms with Gasteiger partial charge in [0.2, 0.25) is 0 Å². The maximum Gasteiger partial charge on any atom is 0.490 e. The van der Waals surface area contributed by atoms with Gasteiger partial charge in [0.05, 0.1) is 24.2 Å². The Labute approximate surface area is 224 Å². The Morgan fingerprint density at radius 2 is 1.50 bits per heavy atom. The first-order valence-electron chi connectivity index (χ1n) is 11.8. The van der Waals surface area contributed by atoms with Gasteiger partial charge in [-0.2, -0.15) is 26.3 Å². The van der Waals surface area contributed by atoms with Crippen molar-refractivity contribution < 1.29 is 50.6 Å². The number of fused-ring (bicyclic) bond motifs is 2. The molecular formula is C26H25F6N3O5. The molecule has 0 saturated carbocycles. The maximum atomic E-state index is 10.6. The topological polar surface area (TPSA) is 107 Å². The fourth-order valence-electron chi connectivity index (χ4n) is 4.57. The van der Waals surface area contributed by atoms with E-state index in [1.165, 1.54) is 16.9 Å². The molecular weight excluding hydrogens is 548 g/mol. The third-order valence-electron chi connectivity index (χ3n) is 6.22. The summed E-state index contributed by atoms with van der Waals surface area (Å²) >= 11 is 0. The van der Waals surface area contributed by atoms with Crippen molar-refractivity contribution in [2.45, 2.75) is 37.3 Å². The highest BCUT2D eigenvalue weighted by atomic mass is 19.4. The van der Waals surface area contributed by atoms with Crippen LogP contribution < -0.4 is 4.90 Å². The first kappa shape index (κ1) is 30.5. The van der Waals surface area contributed by atoms with Gasteiger partial charge in [-0.15, -0.1) is 0 Å². The van der Waals surface area contributed by atoms with Crippen LogP contribution in [0.4, 0.5) is 32.0 Å². The summed E-state index contributed by atoms with van der Waals surface area (Å²) in [7, 11) is 0. The first-order valence-corrected chi connectivity index (χ1v) is 11.8. The van der Waals surface area contributed by atoms with E-state index in [1.807, 2.05) is 12.3 Å². The average molecular weight is 573 g/mol. The molecule has 1 fully saturated rings. The molecule has 1 unspecified atom stereocenters. The van der Waals surface area contributed by atoms with Crippen LogP contribution in [0, 0.1) is 0 Å². The summed E-state index contributed by atoms with van der Waals surface area (Å²) in [5.74, 6) is -4.47. The van der Waals surface area contributed by atoms with Crippen LogP contribution in [0.1, 0.15) is 23.4 Å². The molecule has 14 heteroatoms. The van der Waals surface area contributed by atoms with E-state index in [-0.39, 0.29) is 5.41 Å². The Bertz CT molecular complexity index is 1240. The number of furan rings is 1. The molecule has 8 nitrogen and oxygen atoms in total. The number of alkyl halides is 6. The quantitative estimate of drug-likeness (QED) is 0.415. The van der Waals surface area contributed by atoms with Crippen LogP contribution in [-0.4, -0.2) is 64.0 Å². The zero-order valence-electron chi connectivity index (χ0n) is 20.8. The number of anilines is 1. The summed E-state index contributed by atoms with van der Waals surface area (Å²) in [5.41, 5.74) is 4.07. The fourth-order valence-corrected chi connectivity index (χ4v) is 4.57. The van der Waals surface area contributed by atoms with Crippen molar-refractivity contribution in [1.29, 1.82) is 0 Å². The largest absolute Gasteiger partial charge is 0.490 e. The second-order valence-electron chi connectivity index (χ2n) is 9.14. The number of pyridine rings is 1. The van der Waals surface area contributed by atoms with Crippen molar-refractivity contribution in [3.63, 3.8) is 0 Å². The molecule has 2 aliphatic rings. The summed E-state index contributed by atoms with van der Waals surface area (Å²) in [6.07, 6.45) is -5.31. The molecule has 1 aromatic carbocycles. The Morgan fingerprint density at radius 1 is 0.875 bits per heavy atom. The lowest BCUT2D eigenvalue weighted by Gasteiger charge is -2.25. The number of likely N-dealkylation sites (tertiary alicyclic amines) is 1. The van der Waals surface area contributed by atoms with Gasteiger partial charge < -0.3 is 19.5 Å². The number of rotatable bonds is 4. The number of hydrogen-bond acceptors (Lipinski definition) is 6. The summed E-state index contributed by atoms with van der Waals surface area (Å²) in [5, 5.41) is 14.2. The van der Waals surface area contributed by atoms with Crippen molar-refractivity contribution in [2.75, 3.05) is 24.5 Å². The minimum Gasteiger partial charge on any atom is -0.475 e. The van der Waals surface area contributed by atoms with Gasteiger partial charge >= 0.3 is 24.3 Å². The van der Waals surface area contributed by atoms with Crippen LogP contribution in [0.25, 0.3) is 0 Å². The van der Waals surface area contributed by atoms with E-state index in [2.05, 4.69) is 58.3 Å². The van der Waals surface area contributed by atoms with E-state index >= 15 is 0 Å². The van der Waals surface area contributed by atoms with Gasteiger partial charge in [0.25, 0.3) is 0 Å². The summed E-state index contributed by atoms with van der Waals surface area (Å²) in [6.45, 7) is 5.01. The normalized spacial score (nSPS) is 18.4. The number of halogens is 6. The van der Waals surface area contributed by atoms with Crippen molar-refractivity contribution in [3.8, 4) is 0 Å². The summed E-state index contributed by atoms with van der Waals surface area (Å²) in [6, 6.07) is 19.0. The van der Waals surface area contributed by atoms with Crippen molar-refractivity contribution >= 4 is 17.6 Å². The highest BCUT2D eigenvalue weighted by Gasteiger charge is 2.48. The second-order valence-corrected chi connectivity index (χ2v) is 9.14. The SMILES string of the molecule is O=C(O)C(F)(F)F.O=C(O)C(F)(F)F.c1ccc(CN2CC3(CCN(Cc4ccco4)C3)c3ncccc32)cc1. The van der Waals surface area contributed by atoms with Gasteiger partial charge in [0.15, 0.2) is 0 Å². The molecule has 2 N–H and O–H groups in total. The highest BCUT2D eigenvalue weighted by Crippen LogP contribution is 2.45. The molecule has 40 heavy (non-hydrogen) atoms. The Morgan fingerprint density at radius 3 is 2.05 bits per heavy atom. The number of carboxylic acids is 2. The van der Waals surface area contributed by atoms with Crippen molar-refractivity contribution in [3.05, 3.63) is 84.1 Å². The molecule has 0 radical (unpaired) electrons. The minimum absolute atomic E-state index is 0.137. The Balaban J connectivity index is 0.000000263. The van der Waals surface area contributed by atoms with E-state index in [1.54, 1.807) is 6.26 Å². The minimum atomic E-state index is -5.08. The Kier molecular flexibility index (Phi) is 9.45. The first-order chi connectivity index (χ1) is 18.7. The smallest absolute Gasteiger partial charge is 0.475 e. The molecule has 0 aliphatic carbocycles. The van der Waals surface area contributed by atoms with Crippen LogP contribution in [0.15, 0.2) is 71.5 Å². The maximum absolute atomic E-state index is 10.6. The Hall–Kier alpha value is -4.07. The van der Waals surface area contributed by atoms with Gasteiger partial charge in [0.1, 0.15) is 5.76 Å². The summed E-state index contributed by atoms with van der Waals surface area (Å²) in [4.78, 5) is 27.6. The number of aliphatic carboxylic acids is 2. The predicted octanol–water partition coefficient (Wildman–Crippen LogP) is 5.11. The molecule has 1 atom stereocenters. The molecule has 0 amide bonds. The molecule has 1 saturated heterocycles. The number of benzene rings is 1. The number of carbonyl (C=O) groups is 2. The fraction of sp³-hybridized carbons (Fsp3) is 0.346.